The van der Waals surface area contributed by atoms with Crippen LogP contribution in [0.3, 0.4) is 0 Å². The molecule has 1 heterocycles. The van der Waals surface area contributed by atoms with E-state index in [0.717, 1.165) is 17.7 Å². The summed E-state index contributed by atoms with van der Waals surface area (Å²) < 4.78 is 10.3. The van der Waals surface area contributed by atoms with Gasteiger partial charge in [0.05, 0.1) is 12.8 Å². The van der Waals surface area contributed by atoms with Crippen LogP contribution in [0.5, 0.6) is 0 Å². The second-order valence-corrected chi connectivity index (χ2v) is 5.76. The molecule has 0 bridgehead atoms. The monoisotopic (exact) mass is 301 g/mol. The number of hydrogen-bond acceptors (Lipinski definition) is 5. The lowest BCUT2D eigenvalue weighted by atomic mass is 9.53. The molecule has 116 valence electrons. The van der Waals surface area contributed by atoms with Crippen LogP contribution in [0.15, 0.2) is 24.4 Å². The van der Waals surface area contributed by atoms with Crippen molar-refractivity contribution in [3.63, 3.8) is 0 Å². The topological polar surface area (TPSA) is 65.5 Å². The molecule has 0 fully saturated rings. The maximum atomic E-state index is 12.5. The van der Waals surface area contributed by atoms with E-state index in [2.05, 4.69) is 11.9 Å². The zero-order chi connectivity index (χ0) is 15.9. The van der Waals surface area contributed by atoms with Gasteiger partial charge in [0, 0.05) is 25.5 Å². The first-order valence-corrected chi connectivity index (χ1v) is 7.46. The van der Waals surface area contributed by atoms with E-state index in [4.69, 9.17) is 9.47 Å². The van der Waals surface area contributed by atoms with Crippen LogP contribution >= 0.6 is 0 Å². The predicted octanol–water partition coefficient (Wildman–Crippen LogP) is 2.04. The SMILES string of the molecule is CCc1ccnc2c1[C@@H]1C=C[C@@H](OC(C)=O)C[C@]21C(=O)OC. The van der Waals surface area contributed by atoms with Crippen LogP contribution in [-0.2, 0) is 30.9 Å². The van der Waals surface area contributed by atoms with E-state index in [9.17, 15) is 9.59 Å². The molecule has 0 aromatic carbocycles. The fourth-order valence-electron chi connectivity index (χ4n) is 3.73. The molecule has 2 aliphatic carbocycles. The van der Waals surface area contributed by atoms with Gasteiger partial charge in [0.2, 0.25) is 0 Å². The summed E-state index contributed by atoms with van der Waals surface area (Å²) in [6.07, 6.45) is 6.40. The molecule has 0 radical (unpaired) electrons. The van der Waals surface area contributed by atoms with Crippen molar-refractivity contribution in [2.45, 2.75) is 44.1 Å². The number of hydrogen-bond donors (Lipinski definition) is 0. The molecule has 5 nitrogen and oxygen atoms in total. The highest BCUT2D eigenvalue weighted by Crippen LogP contribution is 2.58. The van der Waals surface area contributed by atoms with Crippen molar-refractivity contribution in [1.29, 1.82) is 0 Å². The van der Waals surface area contributed by atoms with E-state index >= 15 is 0 Å². The van der Waals surface area contributed by atoms with Gasteiger partial charge in [0.25, 0.3) is 0 Å². The summed E-state index contributed by atoms with van der Waals surface area (Å²) >= 11 is 0. The maximum absolute atomic E-state index is 12.5. The Morgan fingerprint density at radius 1 is 1.41 bits per heavy atom. The van der Waals surface area contributed by atoms with Gasteiger partial charge in [-0.15, -0.1) is 0 Å². The average Bonchev–Trinajstić information content (AvgIpc) is 2.50. The van der Waals surface area contributed by atoms with Crippen molar-refractivity contribution in [3.8, 4) is 0 Å². The quantitative estimate of drug-likeness (QED) is 0.631. The molecule has 0 saturated heterocycles. The van der Waals surface area contributed by atoms with Gasteiger partial charge in [0.15, 0.2) is 0 Å². The van der Waals surface area contributed by atoms with Gasteiger partial charge in [-0.2, -0.15) is 0 Å². The molecule has 1 aromatic heterocycles. The van der Waals surface area contributed by atoms with E-state index in [1.54, 1.807) is 6.20 Å². The van der Waals surface area contributed by atoms with Gasteiger partial charge < -0.3 is 9.47 Å². The summed E-state index contributed by atoms with van der Waals surface area (Å²) in [4.78, 5) is 28.2. The average molecular weight is 301 g/mol. The molecule has 0 N–H and O–H groups in total. The number of pyridine rings is 1. The highest BCUT2D eigenvalue weighted by Gasteiger charge is 2.61. The number of allylic oxidation sites excluding steroid dienone is 1. The lowest BCUT2D eigenvalue weighted by Gasteiger charge is -2.50. The lowest BCUT2D eigenvalue weighted by molar-refractivity contribution is -0.156. The van der Waals surface area contributed by atoms with Gasteiger partial charge in [0.1, 0.15) is 11.5 Å². The number of rotatable bonds is 3. The van der Waals surface area contributed by atoms with Crippen molar-refractivity contribution in [2.24, 2.45) is 0 Å². The Bertz CT molecular complexity index is 667. The minimum Gasteiger partial charge on any atom is -0.468 e. The molecule has 2 aliphatic rings. The molecule has 0 amide bonds. The summed E-state index contributed by atoms with van der Waals surface area (Å²) in [5, 5.41) is 0. The standard InChI is InChI=1S/C17H19NO4/c1-4-11-7-8-18-15-14(11)13-6-5-12(22-10(2)19)9-17(13,15)16(20)21-3/h5-8,12-13H,4,9H2,1-3H3/t12-,13+,17-/m1/s1. The zero-order valence-corrected chi connectivity index (χ0v) is 13.0. The predicted molar refractivity (Wildman–Crippen MR) is 79.4 cm³/mol. The number of carbonyl (C=O) groups excluding carboxylic acids is 2. The van der Waals surface area contributed by atoms with Gasteiger partial charge in [-0.3, -0.25) is 14.6 Å². The fraction of sp³-hybridized carbons (Fsp3) is 0.471. The second kappa shape index (κ2) is 5.23. The van der Waals surface area contributed by atoms with Crippen molar-refractivity contribution in [2.75, 3.05) is 7.11 Å². The summed E-state index contributed by atoms with van der Waals surface area (Å²) in [5.74, 6) is -0.722. The highest BCUT2D eigenvalue weighted by atomic mass is 16.5. The van der Waals surface area contributed by atoms with Crippen LogP contribution < -0.4 is 0 Å². The summed E-state index contributed by atoms with van der Waals surface area (Å²) in [6.45, 7) is 3.45. The first kappa shape index (κ1) is 14.8. The van der Waals surface area contributed by atoms with Crippen LogP contribution in [0.2, 0.25) is 0 Å². The number of aryl methyl sites for hydroxylation is 1. The first-order valence-electron chi connectivity index (χ1n) is 7.46. The Morgan fingerprint density at radius 3 is 2.82 bits per heavy atom. The van der Waals surface area contributed by atoms with E-state index in [-0.39, 0.29) is 17.9 Å². The molecule has 0 aliphatic heterocycles. The third kappa shape index (κ3) is 1.88. The molecule has 3 atom stereocenters. The summed E-state index contributed by atoms with van der Waals surface area (Å²) in [5.41, 5.74) is 2.26. The summed E-state index contributed by atoms with van der Waals surface area (Å²) in [7, 11) is 1.38. The molecule has 5 heteroatoms. The van der Waals surface area contributed by atoms with Gasteiger partial charge in [-0.05, 0) is 29.7 Å². The van der Waals surface area contributed by atoms with Gasteiger partial charge >= 0.3 is 11.9 Å². The summed E-state index contributed by atoms with van der Waals surface area (Å²) in [6, 6.07) is 1.99. The molecular weight excluding hydrogens is 282 g/mol. The third-order valence-corrected chi connectivity index (χ3v) is 4.63. The largest absolute Gasteiger partial charge is 0.468 e. The molecule has 1 aromatic rings. The highest BCUT2D eigenvalue weighted by molar-refractivity contribution is 5.90. The van der Waals surface area contributed by atoms with Crippen molar-refractivity contribution in [1.82, 2.24) is 4.98 Å². The van der Waals surface area contributed by atoms with Crippen LogP contribution in [0.25, 0.3) is 0 Å². The smallest absolute Gasteiger partial charge is 0.319 e. The van der Waals surface area contributed by atoms with Crippen LogP contribution in [0.4, 0.5) is 0 Å². The molecule has 0 saturated carbocycles. The molecule has 0 unspecified atom stereocenters. The van der Waals surface area contributed by atoms with E-state index in [0.29, 0.717) is 6.42 Å². The molecule has 3 rings (SSSR count). The number of ether oxygens (including phenoxy) is 2. The number of fused-ring (bicyclic) bond motifs is 4. The minimum atomic E-state index is -0.829. The van der Waals surface area contributed by atoms with Crippen molar-refractivity contribution >= 4 is 11.9 Å². The van der Waals surface area contributed by atoms with Gasteiger partial charge in [-0.1, -0.05) is 13.0 Å². The Labute approximate surface area is 129 Å². The van der Waals surface area contributed by atoms with Crippen molar-refractivity contribution in [3.05, 3.63) is 41.2 Å². The van der Waals surface area contributed by atoms with Crippen molar-refractivity contribution < 1.29 is 19.1 Å². The normalized spacial score (nSPS) is 28.1. The maximum Gasteiger partial charge on any atom is 0.319 e. The Morgan fingerprint density at radius 2 is 2.18 bits per heavy atom. The van der Waals surface area contributed by atoms with Crippen LogP contribution in [0, 0.1) is 0 Å². The van der Waals surface area contributed by atoms with Crippen LogP contribution in [-0.4, -0.2) is 30.1 Å². The lowest BCUT2D eigenvalue weighted by Crippen LogP contribution is -2.55. The first-order chi connectivity index (χ1) is 10.5. The molecule has 22 heavy (non-hydrogen) atoms. The zero-order valence-electron chi connectivity index (χ0n) is 13.0. The molecule has 0 spiro atoms. The fourth-order valence-corrected chi connectivity index (χ4v) is 3.73. The number of aromatic nitrogens is 1. The van der Waals surface area contributed by atoms with E-state index in [1.165, 1.54) is 19.6 Å². The number of esters is 2. The van der Waals surface area contributed by atoms with Gasteiger partial charge in [-0.25, -0.2) is 0 Å². The Balaban J connectivity index is 2.08. The van der Waals surface area contributed by atoms with E-state index < -0.39 is 11.5 Å². The second-order valence-electron chi connectivity index (χ2n) is 5.76. The Kier molecular flexibility index (Phi) is 3.51. The number of carbonyl (C=O) groups is 2. The molecular formula is C17H19NO4. The van der Waals surface area contributed by atoms with E-state index in [1.807, 2.05) is 18.2 Å². The minimum absolute atomic E-state index is 0.0505. The number of methoxy groups -OCH3 is 1. The Hall–Kier alpha value is -2.17. The van der Waals surface area contributed by atoms with Crippen LogP contribution in [0.1, 0.15) is 43.0 Å². The third-order valence-electron chi connectivity index (χ3n) is 4.63. The number of nitrogens with zero attached hydrogens (tertiary/aromatic N) is 1.